The van der Waals surface area contributed by atoms with Crippen molar-refractivity contribution in [1.82, 2.24) is 4.98 Å². The number of rotatable bonds is 9. The summed E-state index contributed by atoms with van der Waals surface area (Å²) in [6, 6.07) is 9.78. The van der Waals surface area contributed by atoms with Gasteiger partial charge in [0.1, 0.15) is 0 Å². The van der Waals surface area contributed by atoms with E-state index in [2.05, 4.69) is 48.2 Å². The van der Waals surface area contributed by atoms with Crippen LogP contribution < -0.4 is 4.90 Å². The fourth-order valence-corrected chi connectivity index (χ4v) is 3.84. The third-order valence-electron chi connectivity index (χ3n) is 4.74. The molecular formula is C20H24N7O4S+. The Morgan fingerprint density at radius 2 is 1.75 bits per heavy atom. The van der Waals surface area contributed by atoms with Crippen LogP contribution in [0, 0.1) is 20.2 Å². The molecule has 0 unspecified atom stereocenters. The Morgan fingerprint density at radius 1 is 1.06 bits per heavy atom. The number of thiazole rings is 1. The van der Waals surface area contributed by atoms with Gasteiger partial charge in [-0.05, 0) is 31.2 Å². The number of azo groups is 1. The van der Waals surface area contributed by atoms with Gasteiger partial charge in [0, 0.05) is 18.3 Å². The number of likely N-dealkylation sites (N-methyl/N-ethyl adjacent to an activating group) is 2. The molecule has 0 atom stereocenters. The van der Waals surface area contributed by atoms with E-state index in [0.29, 0.717) is 10.4 Å². The van der Waals surface area contributed by atoms with Gasteiger partial charge in [0.05, 0.1) is 60.5 Å². The zero-order valence-corrected chi connectivity index (χ0v) is 19.1. The molecule has 12 heteroatoms. The number of hydrogen-bond donors (Lipinski definition) is 0. The number of nitrogens with zero attached hydrogens (tertiary/aromatic N) is 7. The van der Waals surface area contributed by atoms with Crippen molar-refractivity contribution >= 4 is 49.4 Å². The first-order valence-corrected chi connectivity index (χ1v) is 10.7. The molecule has 0 amide bonds. The van der Waals surface area contributed by atoms with Gasteiger partial charge >= 0.3 is 5.69 Å². The smallest absolute Gasteiger partial charge is 0.303 e. The second kappa shape index (κ2) is 9.32. The van der Waals surface area contributed by atoms with E-state index in [-0.39, 0.29) is 16.3 Å². The van der Waals surface area contributed by atoms with E-state index in [9.17, 15) is 20.2 Å². The van der Waals surface area contributed by atoms with Crippen molar-refractivity contribution in [2.24, 2.45) is 10.2 Å². The number of fused-ring (bicyclic) bond motifs is 1. The lowest BCUT2D eigenvalue weighted by Gasteiger charge is -2.29. The minimum Gasteiger partial charge on any atom is -0.366 e. The number of hydrogen-bond acceptors (Lipinski definition) is 9. The van der Waals surface area contributed by atoms with E-state index in [1.807, 2.05) is 24.3 Å². The normalized spacial score (nSPS) is 11.9. The first kappa shape index (κ1) is 23.2. The molecule has 32 heavy (non-hydrogen) atoms. The second-order valence-corrected chi connectivity index (χ2v) is 9.14. The monoisotopic (exact) mass is 458 g/mol. The first-order chi connectivity index (χ1) is 15.1. The first-order valence-electron chi connectivity index (χ1n) is 9.88. The number of aromatic nitrogens is 1. The van der Waals surface area contributed by atoms with Crippen LogP contribution in [0.25, 0.3) is 10.2 Å². The Labute approximate surface area is 188 Å². The molecule has 0 saturated heterocycles. The van der Waals surface area contributed by atoms with E-state index in [4.69, 9.17) is 0 Å². The highest BCUT2D eigenvalue weighted by Gasteiger charge is 2.22. The molecule has 1 aromatic heterocycles. The van der Waals surface area contributed by atoms with Gasteiger partial charge in [-0.3, -0.25) is 20.2 Å². The summed E-state index contributed by atoms with van der Waals surface area (Å²) in [7, 11) is 6.48. The lowest BCUT2D eigenvalue weighted by Crippen LogP contribution is -2.42. The molecule has 0 bridgehead atoms. The summed E-state index contributed by atoms with van der Waals surface area (Å²) in [6.07, 6.45) is 0. The van der Waals surface area contributed by atoms with Gasteiger partial charge in [-0.2, -0.15) is 0 Å². The summed E-state index contributed by atoms with van der Waals surface area (Å²) < 4.78 is 1.19. The predicted octanol–water partition coefficient (Wildman–Crippen LogP) is 5.06. The fraction of sp³-hybridized carbons (Fsp3) is 0.350. The van der Waals surface area contributed by atoms with Gasteiger partial charge in [0.25, 0.3) is 5.69 Å². The van der Waals surface area contributed by atoms with Gasteiger partial charge < -0.3 is 9.38 Å². The summed E-state index contributed by atoms with van der Waals surface area (Å²) in [5.74, 6) is 0. The van der Waals surface area contributed by atoms with Crippen LogP contribution >= 0.6 is 11.3 Å². The minimum atomic E-state index is -0.688. The molecule has 0 fully saturated rings. The van der Waals surface area contributed by atoms with Crippen molar-refractivity contribution in [2.75, 3.05) is 45.7 Å². The third kappa shape index (κ3) is 5.59. The van der Waals surface area contributed by atoms with Gasteiger partial charge in [-0.25, -0.2) is 4.98 Å². The molecule has 0 radical (unpaired) electrons. The largest absolute Gasteiger partial charge is 0.366 e. The highest BCUT2D eigenvalue weighted by molar-refractivity contribution is 7.22. The molecule has 1 heterocycles. The molecule has 168 valence electrons. The highest BCUT2D eigenvalue weighted by atomic mass is 32.1. The van der Waals surface area contributed by atoms with Crippen LogP contribution in [0.3, 0.4) is 0 Å². The van der Waals surface area contributed by atoms with Gasteiger partial charge in [-0.1, -0.05) is 11.3 Å². The summed E-state index contributed by atoms with van der Waals surface area (Å²) in [6.45, 7) is 4.94. The van der Waals surface area contributed by atoms with Crippen molar-refractivity contribution in [3.63, 3.8) is 0 Å². The van der Waals surface area contributed by atoms with Gasteiger partial charge in [-0.15, -0.1) is 10.2 Å². The Kier molecular flexibility index (Phi) is 6.75. The molecular weight excluding hydrogens is 434 g/mol. The lowest BCUT2D eigenvalue weighted by atomic mass is 10.2. The van der Waals surface area contributed by atoms with E-state index in [1.54, 1.807) is 0 Å². The number of nitro benzene ring substituents is 2. The summed E-state index contributed by atoms with van der Waals surface area (Å²) >= 11 is 1.01. The molecule has 3 aromatic rings. The van der Waals surface area contributed by atoms with Crippen LogP contribution in [0.15, 0.2) is 46.6 Å². The summed E-state index contributed by atoms with van der Waals surface area (Å²) in [4.78, 5) is 27.4. The van der Waals surface area contributed by atoms with E-state index in [1.165, 1.54) is 6.07 Å². The molecule has 0 aliphatic rings. The van der Waals surface area contributed by atoms with Gasteiger partial charge in [0.15, 0.2) is 5.52 Å². The fourth-order valence-electron chi connectivity index (χ4n) is 2.99. The van der Waals surface area contributed by atoms with Gasteiger partial charge in [0.2, 0.25) is 5.13 Å². The van der Waals surface area contributed by atoms with E-state index >= 15 is 0 Å². The SMILES string of the molecule is CCN(CC[N+](C)(C)C)c1ccc(/N=N/c2nc3c([N+](=O)[O-])cc([N+](=O)[O-])cc3s2)cc1. The van der Waals surface area contributed by atoms with Crippen molar-refractivity contribution < 1.29 is 14.3 Å². The molecule has 0 N–H and O–H groups in total. The molecule has 0 aliphatic heterocycles. The van der Waals surface area contributed by atoms with Crippen LogP contribution in [-0.4, -0.2) is 60.1 Å². The maximum atomic E-state index is 11.3. The number of benzene rings is 2. The van der Waals surface area contributed by atoms with Crippen molar-refractivity contribution in [1.29, 1.82) is 0 Å². The Morgan fingerprint density at radius 3 is 2.31 bits per heavy atom. The standard InChI is InChI=1S/C20H24N7O4S/c1-5-24(10-11-27(2,3)4)15-8-6-14(7-9-15)22-23-20-21-19-17(26(30)31)12-16(25(28)29)13-18(19)32-20/h6-9,12-13H,5,10-11H2,1-4H3/q+1/b23-22+. The topological polar surface area (TPSA) is 127 Å². The van der Waals surface area contributed by atoms with Crippen molar-refractivity contribution in [2.45, 2.75) is 6.92 Å². The molecule has 0 saturated carbocycles. The van der Waals surface area contributed by atoms with Crippen molar-refractivity contribution in [3.8, 4) is 0 Å². The Hall–Kier alpha value is -3.51. The molecule has 3 rings (SSSR count). The maximum absolute atomic E-state index is 11.3. The minimum absolute atomic E-state index is 0.0609. The number of anilines is 1. The average Bonchev–Trinajstić information content (AvgIpc) is 3.14. The third-order valence-corrected chi connectivity index (χ3v) is 5.63. The zero-order valence-electron chi connectivity index (χ0n) is 18.3. The summed E-state index contributed by atoms with van der Waals surface area (Å²) in [5.41, 5.74) is 0.965. The number of non-ortho nitro benzene ring substituents is 2. The number of nitro groups is 2. The molecule has 11 nitrogen and oxygen atoms in total. The molecule has 0 aliphatic carbocycles. The quantitative estimate of drug-likeness (QED) is 0.191. The van der Waals surface area contributed by atoms with Crippen LogP contribution in [-0.2, 0) is 0 Å². The lowest BCUT2D eigenvalue weighted by molar-refractivity contribution is -0.868. The van der Waals surface area contributed by atoms with Crippen molar-refractivity contribution in [3.05, 3.63) is 56.6 Å². The van der Waals surface area contributed by atoms with E-state index < -0.39 is 15.5 Å². The van der Waals surface area contributed by atoms with Crippen LogP contribution in [0.4, 0.5) is 27.9 Å². The van der Waals surface area contributed by atoms with Crippen LogP contribution in [0.5, 0.6) is 0 Å². The molecule has 0 spiro atoms. The molecule has 2 aromatic carbocycles. The van der Waals surface area contributed by atoms with Crippen LogP contribution in [0.2, 0.25) is 0 Å². The maximum Gasteiger partial charge on any atom is 0.303 e. The zero-order chi connectivity index (χ0) is 23.5. The van der Waals surface area contributed by atoms with E-state index in [0.717, 1.165) is 47.2 Å². The predicted molar refractivity (Wildman–Crippen MR) is 124 cm³/mol. The average molecular weight is 459 g/mol. The summed E-state index contributed by atoms with van der Waals surface area (Å²) in [5, 5.41) is 30.7. The Bertz CT molecular complexity index is 1170. The van der Waals surface area contributed by atoms with Crippen LogP contribution in [0.1, 0.15) is 6.92 Å². The second-order valence-electron chi connectivity index (χ2n) is 8.13. The number of quaternary nitrogens is 1. The highest BCUT2D eigenvalue weighted by Crippen LogP contribution is 2.37. The Balaban J connectivity index is 1.81.